The van der Waals surface area contributed by atoms with Crippen LogP contribution in [-0.4, -0.2) is 6.26 Å². The molecule has 1 heterocycles. The maximum atomic E-state index is 2.46. The highest BCUT2D eigenvalue weighted by Crippen LogP contribution is 2.39. The predicted molar refractivity (Wildman–Crippen MR) is 75.7 cm³/mol. The number of fused-ring (bicyclic) bond motifs is 1. The van der Waals surface area contributed by atoms with Gasteiger partial charge in [0.1, 0.15) is 0 Å². The Morgan fingerprint density at radius 1 is 1.43 bits per heavy atom. The molecule has 0 saturated carbocycles. The van der Waals surface area contributed by atoms with Crippen LogP contribution in [0.1, 0.15) is 12.5 Å². The Bertz CT molecular complexity index is 460. The Morgan fingerprint density at radius 2 is 2.21 bits per heavy atom. The molecule has 0 spiro atoms. The minimum absolute atomic E-state index is 1.13. The van der Waals surface area contributed by atoms with Crippen molar-refractivity contribution in [3.63, 3.8) is 0 Å². The smallest absolute Gasteiger partial charge is 0.0742 e. The second-order valence-electron chi connectivity index (χ2n) is 3.06. The Hall–Kier alpha value is 0.260. The zero-order chi connectivity index (χ0) is 10.1. The van der Waals surface area contributed by atoms with Gasteiger partial charge in [-0.25, -0.2) is 0 Å². The minimum atomic E-state index is 1.13. The molecular weight excluding hydrogens is 323 g/mol. The van der Waals surface area contributed by atoms with Crippen LogP contribution in [0.3, 0.4) is 0 Å². The van der Waals surface area contributed by atoms with E-state index in [1.54, 1.807) is 0 Å². The molecule has 0 N–H and O–H groups in total. The first-order chi connectivity index (χ1) is 6.77. The summed E-state index contributed by atoms with van der Waals surface area (Å²) in [5.74, 6) is 0. The van der Waals surface area contributed by atoms with E-state index in [2.05, 4.69) is 54.0 Å². The zero-order valence-corrected chi connectivity index (χ0v) is 11.9. The van der Waals surface area contributed by atoms with Crippen LogP contribution in [0.4, 0.5) is 0 Å². The van der Waals surface area contributed by atoms with Crippen molar-refractivity contribution in [3.05, 3.63) is 27.3 Å². The third kappa shape index (κ3) is 1.70. The molecule has 1 aromatic heterocycles. The molecule has 14 heavy (non-hydrogen) atoms. The lowest BCUT2D eigenvalue weighted by Crippen LogP contribution is -1.78. The molecule has 0 nitrogen and oxygen atoms in total. The van der Waals surface area contributed by atoms with E-state index in [9.17, 15) is 0 Å². The van der Waals surface area contributed by atoms with E-state index in [-0.39, 0.29) is 0 Å². The molecule has 2 rings (SSSR count). The van der Waals surface area contributed by atoms with Gasteiger partial charge in [0.15, 0.2) is 0 Å². The third-order valence-electron chi connectivity index (χ3n) is 2.27. The van der Waals surface area contributed by atoms with Crippen molar-refractivity contribution in [1.29, 1.82) is 0 Å². The third-order valence-corrected chi connectivity index (χ3v) is 6.53. The standard InChI is InChI=1S/C11H11IS2/c1-3-7-5-4-6-8-9(12)11(13-2)14-10(7)8/h4-6H,3H2,1-2H3. The van der Waals surface area contributed by atoms with E-state index in [0.717, 1.165) is 6.42 Å². The molecular formula is C11H11IS2. The lowest BCUT2D eigenvalue weighted by Gasteiger charge is -1.97. The van der Waals surface area contributed by atoms with Gasteiger partial charge in [-0.05, 0) is 40.8 Å². The lowest BCUT2D eigenvalue weighted by molar-refractivity contribution is 1.16. The van der Waals surface area contributed by atoms with E-state index in [1.807, 2.05) is 23.1 Å². The number of hydrogen-bond acceptors (Lipinski definition) is 2. The number of halogens is 1. The summed E-state index contributed by atoms with van der Waals surface area (Å²) >= 11 is 6.24. The van der Waals surface area contributed by atoms with Gasteiger partial charge >= 0.3 is 0 Å². The molecule has 0 radical (unpaired) electrons. The van der Waals surface area contributed by atoms with Crippen LogP contribution in [0.15, 0.2) is 22.4 Å². The number of thioether (sulfide) groups is 1. The number of thiophene rings is 1. The van der Waals surface area contributed by atoms with Crippen molar-refractivity contribution in [2.45, 2.75) is 17.6 Å². The average molecular weight is 334 g/mol. The van der Waals surface area contributed by atoms with Crippen molar-refractivity contribution in [3.8, 4) is 0 Å². The molecule has 3 heteroatoms. The normalized spacial score (nSPS) is 11.1. The van der Waals surface area contributed by atoms with Crippen LogP contribution >= 0.6 is 45.7 Å². The Balaban J connectivity index is 2.77. The maximum Gasteiger partial charge on any atom is 0.0742 e. The molecule has 0 unspecified atom stereocenters. The largest absolute Gasteiger partial charge is 0.127 e. The summed E-state index contributed by atoms with van der Waals surface area (Å²) in [7, 11) is 0. The van der Waals surface area contributed by atoms with Crippen molar-refractivity contribution in [2.24, 2.45) is 0 Å². The predicted octanol–water partition coefficient (Wildman–Crippen LogP) is 4.79. The fourth-order valence-electron chi connectivity index (χ4n) is 1.54. The van der Waals surface area contributed by atoms with Crippen LogP contribution in [0, 0.1) is 3.57 Å². The molecule has 2 aromatic rings. The molecule has 0 bridgehead atoms. The molecule has 0 fully saturated rings. The van der Waals surface area contributed by atoms with Gasteiger partial charge in [0.05, 0.1) is 4.21 Å². The van der Waals surface area contributed by atoms with Gasteiger partial charge in [0, 0.05) is 13.7 Å². The highest BCUT2D eigenvalue weighted by atomic mass is 127. The van der Waals surface area contributed by atoms with Gasteiger partial charge in [-0.2, -0.15) is 0 Å². The Morgan fingerprint density at radius 3 is 2.86 bits per heavy atom. The average Bonchev–Trinajstić information content (AvgIpc) is 2.55. The first-order valence-corrected chi connectivity index (χ1v) is 7.63. The first-order valence-electron chi connectivity index (χ1n) is 4.51. The van der Waals surface area contributed by atoms with Crippen molar-refractivity contribution >= 4 is 55.8 Å². The van der Waals surface area contributed by atoms with Crippen LogP contribution in [0.25, 0.3) is 10.1 Å². The molecule has 0 atom stereocenters. The summed E-state index contributed by atoms with van der Waals surface area (Å²) in [6.07, 6.45) is 3.28. The highest BCUT2D eigenvalue weighted by molar-refractivity contribution is 14.1. The van der Waals surface area contributed by atoms with Crippen LogP contribution in [-0.2, 0) is 6.42 Å². The monoisotopic (exact) mass is 334 g/mol. The van der Waals surface area contributed by atoms with Gasteiger partial charge < -0.3 is 0 Å². The van der Waals surface area contributed by atoms with E-state index in [0.29, 0.717) is 0 Å². The SMILES string of the molecule is CCc1cccc2c(I)c(SC)sc12. The quantitative estimate of drug-likeness (QED) is 0.562. The van der Waals surface area contributed by atoms with Crippen LogP contribution in [0.2, 0.25) is 0 Å². The van der Waals surface area contributed by atoms with Crippen LogP contribution < -0.4 is 0 Å². The van der Waals surface area contributed by atoms with Gasteiger partial charge in [-0.15, -0.1) is 23.1 Å². The number of hydrogen-bond donors (Lipinski definition) is 0. The molecule has 74 valence electrons. The van der Waals surface area contributed by atoms with Crippen molar-refractivity contribution in [1.82, 2.24) is 0 Å². The van der Waals surface area contributed by atoms with Crippen molar-refractivity contribution < 1.29 is 0 Å². The minimum Gasteiger partial charge on any atom is -0.127 e. The van der Waals surface area contributed by atoms with Gasteiger partial charge in [0.2, 0.25) is 0 Å². The van der Waals surface area contributed by atoms with Gasteiger partial charge in [-0.3, -0.25) is 0 Å². The first kappa shape index (κ1) is 10.8. The summed E-state index contributed by atoms with van der Waals surface area (Å²) < 4.78 is 4.34. The highest BCUT2D eigenvalue weighted by Gasteiger charge is 2.10. The Labute approximate surface area is 106 Å². The summed E-state index contributed by atoms with van der Waals surface area (Å²) in [6, 6.07) is 6.63. The Kier molecular flexibility index (Phi) is 3.39. The molecule has 0 aliphatic rings. The van der Waals surface area contributed by atoms with E-state index < -0.39 is 0 Å². The second-order valence-corrected chi connectivity index (χ2v) is 6.23. The van der Waals surface area contributed by atoms with E-state index in [4.69, 9.17) is 0 Å². The lowest BCUT2D eigenvalue weighted by atomic mass is 10.1. The van der Waals surface area contributed by atoms with E-state index in [1.165, 1.54) is 23.4 Å². The summed E-state index contributed by atoms with van der Waals surface area (Å²) in [6.45, 7) is 2.22. The molecule has 0 aliphatic heterocycles. The number of benzene rings is 1. The van der Waals surface area contributed by atoms with Gasteiger partial charge in [-0.1, -0.05) is 25.1 Å². The number of aryl methyl sites for hydroxylation is 1. The fraction of sp³-hybridized carbons (Fsp3) is 0.273. The topological polar surface area (TPSA) is 0 Å². The molecule has 0 aliphatic carbocycles. The van der Waals surface area contributed by atoms with Crippen LogP contribution in [0.5, 0.6) is 0 Å². The molecule has 1 aromatic carbocycles. The summed E-state index contributed by atoms with van der Waals surface area (Å²) in [5.41, 5.74) is 1.48. The van der Waals surface area contributed by atoms with Gasteiger partial charge in [0.25, 0.3) is 0 Å². The van der Waals surface area contributed by atoms with E-state index >= 15 is 0 Å². The fourth-order valence-corrected chi connectivity index (χ4v) is 5.04. The number of rotatable bonds is 2. The zero-order valence-electron chi connectivity index (χ0n) is 8.13. The van der Waals surface area contributed by atoms with Crippen molar-refractivity contribution in [2.75, 3.05) is 6.26 Å². The second kappa shape index (κ2) is 4.41. The summed E-state index contributed by atoms with van der Waals surface area (Å²) in [4.78, 5) is 0. The maximum absolute atomic E-state index is 2.46. The molecule has 0 amide bonds. The summed E-state index contributed by atoms with van der Waals surface area (Å²) in [5, 5.41) is 1.43. The molecule has 0 saturated heterocycles.